The van der Waals surface area contributed by atoms with Crippen molar-refractivity contribution in [3.8, 4) is 0 Å². The first-order chi connectivity index (χ1) is 11.3. The standard InChI is InChI=1S/C19H20N2O3/c1-13(22)14-8-7-11-16(12-14)21-18(24)19(2,3)17(23)20-15-9-5-4-6-10-15/h4-12H,1-3H3,(H,20,23)(H,21,24). The summed E-state index contributed by atoms with van der Waals surface area (Å²) in [5.74, 6) is -0.947. The van der Waals surface area contributed by atoms with Crippen molar-refractivity contribution in [1.82, 2.24) is 0 Å². The highest BCUT2D eigenvalue weighted by molar-refractivity contribution is 6.14. The molecule has 0 heterocycles. The molecule has 0 unspecified atom stereocenters. The lowest BCUT2D eigenvalue weighted by molar-refractivity contribution is -0.135. The Kier molecular flexibility index (Phi) is 5.14. The molecule has 0 atom stereocenters. The van der Waals surface area contributed by atoms with E-state index >= 15 is 0 Å². The zero-order valence-electron chi connectivity index (χ0n) is 13.9. The van der Waals surface area contributed by atoms with E-state index < -0.39 is 17.2 Å². The summed E-state index contributed by atoms with van der Waals surface area (Å²) in [4.78, 5) is 36.3. The molecule has 0 aliphatic carbocycles. The van der Waals surface area contributed by atoms with Gasteiger partial charge in [0.15, 0.2) is 5.78 Å². The van der Waals surface area contributed by atoms with E-state index in [0.717, 1.165) is 0 Å². The van der Waals surface area contributed by atoms with Crippen LogP contribution in [0, 0.1) is 5.41 Å². The van der Waals surface area contributed by atoms with Gasteiger partial charge in [0.1, 0.15) is 5.41 Å². The summed E-state index contributed by atoms with van der Waals surface area (Å²) in [5, 5.41) is 5.42. The van der Waals surface area contributed by atoms with Gasteiger partial charge in [0, 0.05) is 16.9 Å². The molecule has 0 spiro atoms. The molecule has 0 saturated heterocycles. The predicted octanol–water partition coefficient (Wildman–Crippen LogP) is 3.49. The number of ketones is 1. The molecular formula is C19H20N2O3. The largest absolute Gasteiger partial charge is 0.325 e. The summed E-state index contributed by atoms with van der Waals surface area (Å²) in [7, 11) is 0. The molecule has 0 bridgehead atoms. The summed E-state index contributed by atoms with van der Waals surface area (Å²) in [5.41, 5.74) is 0.330. The van der Waals surface area contributed by atoms with Crippen molar-refractivity contribution in [2.75, 3.05) is 10.6 Å². The number of anilines is 2. The van der Waals surface area contributed by atoms with Gasteiger partial charge in [-0.15, -0.1) is 0 Å². The normalized spacial score (nSPS) is 10.8. The molecule has 24 heavy (non-hydrogen) atoms. The van der Waals surface area contributed by atoms with Crippen LogP contribution in [0.15, 0.2) is 54.6 Å². The Morgan fingerprint density at radius 1 is 0.792 bits per heavy atom. The van der Waals surface area contributed by atoms with E-state index in [2.05, 4.69) is 10.6 Å². The number of carbonyl (C=O) groups excluding carboxylic acids is 3. The summed E-state index contributed by atoms with van der Waals surface area (Å²) in [6.45, 7) is 4.56. The number of nitrogens with one attached hydrogen (secondary N) is 2. The number of benzene rings is 2. The minimum absolute atomic E-state index is 0.0906. The topological polar surface area (TPSA) is 75.3 Å². The molecule has 124 valence electrons. The minimum atomic E-state index is -1.28. The van der Waals surface area contributed by atoms with Gasteiger partial charge in [-0.2, -0.15) is 0 Å². The molecule has 2 aromatic carbocycles. The van der Waals surface area contributed by atoms with E-state index in [0.29, 0.717) is 16.9 Å². The highest BCUT2D eigenvalue weighted by atomic mass is 16.2. The van der Waals surface area contributed by atoms with Crippen LogP contribution in [0.25, 0.3) is 0 Å². The first kappa shape index (κ1) is 17.4. The van der Waals surface area contributed by atoms with E-state index in [4.69, 9.17) is 0 Å². The molecule has 5 nitrogen and oxygen atoms in total. The molecule has 2 rings (SSSR count). The number of amides is 2. The van der Waals surface area contributed by atoms with Crippen molar-refractivity contribution in [2.24, 2.45) is 5.41 Å². The molecule has 2 amide bonds. The van der Waals surface area contributed by atoms with E-state index in [1.54, 1.807) is 62.4 Å². The Morgan fingerprint density at radius 3 is 1.92 bits per heavy atom. The SMILES string of the molecule is CC(=O)c1cccc(NC(=O)C(C)(C)C(=O)Nc2ccccc2)c1. The molecule has 0 aliphatic heterocycles. The zero-order valence-corrected chi connectivity index (χ0v) is 13.9. The zero-order chi connectivity index (χ0) is 17.7. The molecule has 0 aliphatic rings. The Bertz CT molecular complexity index is 767. The number of hydrogen-bond donors (Lipinski definition) is 2. The Labute approximate surface area is 141 Å². The fraction of sp³-hybridized carbons (Fsp3) is 0.211. The van der Waals surface area contributed by atoms with Crippen molar-refractivity contribution in [3.63, 3.8) is 0 Å². The number of para-hydroxylation sites is 1. The van der Waals surface area contributed by atoms with Gasteiger partial charge in [0.2, 0.25) is 11.8 Å². The lowest BCUT2D eigenvalue weighted by Gasteiger charge is -2.23. The van der Waals surface area contributed by atoms with Crippen molar-refractivity contribution in [1.29, 1.82) is 0 Å². The molecule has 0 aromatic heterocycles. The molecular weight excluding hydrogens is 304 g/mol. The number of hydrogen-bond acceptors (Lipinski definition) is 3. The number of Topliss-reactive ketones (excluding diaryl/α,β-unsaturated/α-hetero) is 1. The van der Waals surface area contributed by atoms with Crippen molar-refractivity contribution in [3.05, 3.63) is 60.2 Å². The number of rotatable bonds is 5. The van der Waals surface area contributed by atoms with Crippen LogP contribution in [0.4, 0.5) is 11.4 Å². The summed E-state index contributed by atoms with van der Waals surface area (Å²) < 4.78 is 0. The van der Waals surface area contributed by atoms with Crippen LogP contribution in [0.5, 0.6) is 0 Å². The highest BCUT2D eigenvalue weighted by Gasteiger charge is 2.36. The third kappa shape index (κ3) is 4.07. The predicted molar refractivity (Wildman–Crippen MR) is 93.9 cm³/mol. The van der Waals surface area contributed by atoms with Gasteiger partial charge in [-0.25, -0.2) is 0 Å². The van der Waals surface area contributed by atoms with Gasteiger partial charge in [0.05, 0.1) is 0 Å². The van der Waals surface area contributed by atoms with Crippen molar-refractivity contribution < 1.29 is 14.4 Å². The van der Waals surface area contributed by atoms with Gasteiger partial charge in [-0.05, 0) is 45.0 Å². The Morgan fingerprint density at radius 2 is 1.33 bits per heavy atom. The van der Waals surface area contributed by atoms with Crippen LogP contribution < -0.4 is 10.6 Å². The van der Waals surface area contributed by atoms with E-state index in [-0.39, 0.29) is 5.78 Å². The highest BCUT2D eigenvalue weighted by Crippen LogP contribution is 2.22. The lowest BCUT2D eigenvalue weighted by Crippen LogP contribution is -2.41. The van der Waals surface area contributed by atoms with Gasteiger partial charge in [0.25, 0.3) is 0 Å². The fourth-order valence-corrected chi connectivity index (χ4v) is 2.02. The maximum atomic E-state index is 12.5. The van der Waals surface area contributed by atoms with Gasteiger partial charge >= 0.3 is 0 Å². The average Bonchev–Trinajstić information content (AvgIpc) is 2.55. The first-order valence-corrected chi connectivity index (χ1v) is 7.59. The van der Waals surface area contributed by atoms with Crippen molar-refractivity contribution >= 4 is 29.0 Å². The smallest absolute Gasteiger partial charge is 0.239 e. The minimum Gasteiger partial charge on any atom is -0.325 e. The van der Waals surface area contributed by atoms with Crippen LogP contribution >= 0.6 is 0 Å². The molecule has 5 heteroatoms. The van der Waals surface area contributed by atoms with Crippen LogP contribution in [0.1, 0.15) is 31.1 Å². The molecule has 0 fully saturated rings. The maximum absolute atomic E-state index is 12.5. The van der Waals surface area contributed by atoms with E-state index in [1.807, 2.05) is 6.07 Å². The third-order valence-corrected chi connectivity index (χ3v) is 3.69. The van der Waals surface area contributed by atoms with Gasteiger partial charge in [-0.1, -0.05) is 30.3 Å². The number of carbonyl (C=O) groups is 3. The summed E-state index contributed by atoms with van der Waals surface area (Å²) >= 11 is 0. The summed E-state index contributed by atoms with van der Waals surface area (Å²) in [6, 6.07) is 15.6. The molecule has 2 aromatic rings. The van der Waals surface area contributed by atoms with Crippen LogP contribution in [0.2, 0.25) is 0 Å². The average molecular weight is 324 g/mol. The van der Waals surface area contributed by atoms with E-state index in [9.17, 15) is 14.4 Å². The molecule has 2 N–H and O–H groups in total. The molecule has 0 radical (unpaired) electrons. The second-order valence-corrected chi connectivity index (χ2v) is 6.04. The van der Waals surface area contributed by atoms with Gasteiger partial charge < -0.3 is 10.6 Å². The maximum Gasteiger partial charge on any atom is 0.239 e. The van der Waals surface area contributed by atoms with Crippen molar-refractivity contribution in [2.45, 2.75) is 20.8 Å². The Balaban J connectivity index is 2.11. The lowest BCUT2D eigenvalue weighted by atomic mass is 9.90. The second-order valence-electron chi connectivity index (χ2n) is 6.04. The third-order valence-electron chi connectivity index (χ3n) is 3.69. The monoisotopic (exact) mass is 324 g/mol. The van der Waals surface area contributed by atoms with Crippen LogP contribution in [-0.2, 0) is 9.59 Å². The quantitative estimate of drug-likeness (QED) is 0.653. The van der Waals surface area contributed by atoms with Gasteiger partial charge in [-0.3, -0.25) is 14.4 Å². The van der Waals surface area contributed by atoms with Crippen LogP contribution in [0.3, 0.4) is 0 Å². The Hall–Kier alpha value is -2.95. The second kappa shape index (κ2) is 7.08. The fourth-order valence-electron chi connectivity index (χ4n) is 2.02. The van der Waals surface area contributed by atoms with E-state index in [1.165, 1.54) is 6.92 Å². The van der Waals surface area contributed by atoms with Crippen LogP contribution in [-0.4, -0.2) is 17.6 Å². The first-order valence-electron chi connectivity index (χ1n) is 7.59. The molecule has 0 saturated carbocycles. The summed E-state index contributed by atoms with van der Waals surface area (Å²) in [6.07, 6.45) is 0.